The normalized spacial score (nSPS) is 12.8. The highest BCUT2D eigenvalue weighted by Gasteiger charge is 2.32. The van der Waals surface area contributed by atoms with E-state index < -0.39 is 30.5 Å². The molecular formula is C21H16F3N3O4. The average molecular weight is 431 g/mol. The number of hydrogen-bond donors (Lipinski definition) is 0. The van der Waals surface area contributed by atoms with Gasteiger partial charge < -0.3 is 19.3 Å². The van der Waals surface area contributed by atoms with Crippen LogP contribution in [0.3, 0.4) is 0 Å². The van der Waals surface area contributed by atoms with E-state index in [-0.39, 0.29) is 11.1 Å². The van der Waals surface area contributed by atoms with Crippen LogP contribution >= 0.6 is 0 Å². The summed E-state index contributed by atoms with van der Waals surface area (Å²) in [5, 5.41) is 9.55. The van der Waals surface area contributed by atoms with E-state index in [1.165, 1.54) is 0 Å². The molecule has 1 heterocycles. The molecule has 160 valence electrons. The van der Waals surface area contributed by atoms with Gasteiger partial charge in [0.1, 0.15) is 23.2 Å². The van der Waals surface area contributed by atoms with Crippen LogP contribution in [0.1, 0.15) is 10.4 Å². The van der Waals surface area contributed by atoms with Crippen molar-refractivity contribution in [3.8, 4) is 11.8 Å². The second-order valence-corrected chi connectivity index (χ2v) is 6.49. The van der Waals surface area contributed by atoms with Crippen LogP contribution in [0.5, 0.6) is 5.75 Å². The van der Waals surface area contributed by atoms with E-state index in [1.807, 2.05) is 30.3 Å². The van der Waals surface area contributed by atoms with Crippen molar-refractivity contribution in [1.29, 1.82) is 5.26 Å². The van der Waals surface area contributed by atoms with Crippen molar-refractivity contribution in [1.82, 2.24) is 0 Å². The summed E-state index contributed by atoms with van der Waals surface area (Å²) in [5.74, 6) is -1.79. The number of nitrogens with zero attached hydrogens (tertiary/aromatic N) is 3. The van der Waals surface area contributed by atoms with Gasteiger partial charge in [-0.15, -0.1) is 13.2 Å². The lowest BCUT2D eigenvalue weighted by molar-refractivity contribution is -0.274. The zero-order chi connectivity index (χ0) is 22.8. The van der Waals surface area contributed by atoms with E-state index in [1.54, 1.807) is 23.9 Å². The number of nitriles is 1. The number of benzene rings is 2. The van der Waals surface area contributed by atoms with Crippen molar-refractivity contribution in [2.45, 2.75) is 6.36 Å². The third-order valence-corrected chi connectivity index (χ3v) is 4.51. The minimum absolute atomic E-state index is 0.0732. The van der Waals surface area contributed by atoms with Gasteiger partial charge in [0, 0.05) is 14.1 Å². The van der Waals surface area contributed by atoms with Gasteiger partial charge in [-0.25, -0.2) is 4.79 Å². The molecular weight excluding hydrogens is 415 g/mol. The summed E-state index contributed by atoms with van der Waals surface area (Å²) in [7, 11) is 3.41. The van der Waals surface area contributed by atoms with Crippen molar-refractivity contribution in [3.63, 3.8) is 0 Å². The van der Waals surface area contributed by atoms with E-state index >= 15 is 0 Å². The Bertz CT molecular complexity index is 1060. The Balaban J connectivity index is 1.71. The first-order valence-corrected chi connectivity index (χ1v) is 8.89. The predicted octanol–water partition coefficient (Wildman–Crippen LogP) is 3.63. The number of hydrogen-bond acceptors (Lipinski definition) is 7. The number of fused-ring (bicyclic) bond motifs is 1. The smallest absolute Gasteiger partial charge is 0.454 e. The zero-order valence-corrected chi connectivity index (χ0v) is 16.4. The molecule has 2 aromatic carbocycles. The number of ketones is 1. The maximum atomic E-state index is 12.6. The molecule has 0 unspecified atom stereocenters. The molecule has 1 aliphatic heterocycles. The average Bonchev–Trinajstić information content (AvgIpc) is 2.97. The molecule has 1 aliphatic rings. The fourth-order valence-corrected chi connectivity index (χ4v) is 3.14. The summed E-state index contributed by atoms with van der Waals surface area (Å²) in [6.07, 6.45) is -4.85. The highest BCUT2D eigenvalue weighted by atomic mass is 19.4. The molecule has 0 amide bonds. The molecule has 0 aromatic heterocycles. The minimum Gasteiger partial charge on any atom is -0.454 e. The SMILES string of the molecule is CN1C(=C(C#N)C(=O)COC(=O)c2ccc(OC(F)(F)F)cc2)N(C)c2ccccc21. The van der Waals surface area contributed by atoms with Crippen LogP contribution in [-0.4, -0.2) is 38.8 Å². The largest absolute Gasteiger partial charge is 0.573 e. The Labute approximate surface area is 175 Å². The van der Waals surface area contributed by atoms with Gasteiger partial charge in [-0.1, -0.05) is 12.1 Å². The molecule has 3 rings (SSSR count). The molecule has 0 spiro atoms. The van der Waals surface area contributed by atoms with Crippen molar-refractivity contribution < 1.29 is 32.2 Å². The van der Waals surface area contributed by atoms with Crippen molar-refractivity contribution in [3.05, 3.63) is 65.5 Å². The molecule has 0 N–H and O–H groups in total. The van der Waals surface area contributed by atoms with Crippen LogP contribution in [-0.2, 0) is 9.53 Å². The number of rotatable bonds is 5. The van der Waals surface area contributed by atoms with Crippen LogP contribution in [0.2, 0.25) is 0 Å². The minimum atomic E-state index is -4.85. The topological polar surface area (TPSA) is 82.9 Å². The summed E-state index contributed by atoms with van der Waals surface area (Å²) in [4.78, 5) is 28.1. The number of Topliss-reactive ketones (excluding diaryl/α,β-unsaturated/α-hetero) is 1. The second-order valence-electron chi connectivity index (χ2n) is 6.49. The first-order chi connectivity index (χ1) is 14.6. The molecule has 0 saturated carbocycles. The molecule has 2 aromatic rings. The fraction of sp³-hybridized carbons (Fsp3) is 0.190. The van der Waals surface area contributed by atoms with Crippen LogP contribution in [0.4, 0.5) is 24.5 Å². The number of halogens is 3. The summed E-state index contributed by atoms with van der Waals surface area (Å²) in [6, 6.07) is 13.2. The van der Waals surface area contributed by atoms with Crippen LogP contribution < -0.4 is 14.5 Å². The quantitative estimate of drug-likeness (QED) is 0.406. The van der Waals surface area contributed by atoms with Gasteiger partial charge in [0.15, 0.2) is 6.61 Å². The van der Waals surface area contributed by atoms with E-state index in [0.717, 1.165) is 35.6 Å². The lowest BCUT2D eigenvalue weighted by Crippen LogP contribution is -2.27. The Morgan fingerprint density at radius 2 is 1.55 bits per heavy atom. The van der Waals surface area contributed by atoms with Crippen molar-refractivity contribution in [2.24, 2.45) is 0 Å². The number of anilines is 2. The first kappa shape index (κ1) is 21.7. The number of carbonyl (C=O) groups is 2. The van der Waals surface area contributed by atoms with Crippen LogP contribution in [0.25, 0.3) is 0 Å². The van der Waals surface area contributed by atoms with Crippen LogP contribution in [0, 0.1) is 11.3 Å². The second kappa shape index (κ2) is 8.39. The number of ether oxygens (including phenoxy) is 2. The van der Waals surface area contributed by atoms with E-state index in [0.29, 0.717) is 5.82 Å². The van der Waals surface area contributed by atoms with Crippen molar-refractivity contribution in [2.75, 3.05) is 30.5 Å². The van der Waals surface area contributed by atoms with E-state index in [2.05, 4.69) is 4.74 Å². The molecule has 0 saturated heterocycles. The lowest BCUT2D eigenvalue weighted by atomic mass is 10.2. The van der Waals surface area contributed by atoms with Gasteiger partial charge in [0.2, 0.25) is 5.78 Å². The van der Waals surface area contributed by atoms with Gasteiger partial charge in [-0.3, -0.25) is 4.79 Å². The number of carbonyl (C=O) groups excluding carboxylic acids is 2. The molecule has 0 atom stereocenters. The maximum absolute atomic E-state index is 12.6. The lowest BCUT2D eigenvalue weighted by Gasteiger charge is -2.19. The highest BCUT2D eigenvalue weighted by molar-refractivity contribution is 6.04. The summed E-state index contributed by atoms with van der Waals surface area (Å²) < 4.78 is 45.3. The molecule has 7 nitrogen and oxygen atoms in total. The fourth-order valence-electron chi connectivity index (χ4n) is 3.14. The van der Waals surface area contributed by atoms with E-state index in [9.17, 15) is 28.0 Å². The molecule has 0 bridgehead atoms. The van der Waals surface area contributed by atoms with Gasteiger partial charge in [0.05, 0.1) is 16.9 Å². The summed E-state index contributed by atoms with van der Waals surface area (Å²) in [5.41, 5.74) is 1.34. The van der Waals surface area contributed by atoms with Gasteiger partial charge in [-0.05, 0) is 36.4 Å². The van der Waals surface area contributed by atoms with Gasteiger partial charge in [-0.2, -0.15) is 5.26 Å². The summed E-state index contributed by atoms with van der Waals surface area (Å²) >= 11 is 0. The Morgan fingerprint density at radius 3 is 2.03 bits per heavy atom. The zero-order valence-electron chi connectivity index (χ0n) is 16.4. The molecule has 0 aliphatic carbocycles. The molecule has 31 heavy (non-hydrogen) atoms. The third-order valence-electron chi connectivity index (χ3n) is 4.51. The van der Waals surface area contributed by atoms with Gasteiger partial charge in [0.25, 0.3) is 0 Å². The van der Waals surface area contributed by atoms with Gasteiger partial charge >= 0.3 is 12.3 Å². The highest BCUT2D eigenvalue weighted by Crippen LogP contribution is 2.40. The Hall–Kier alpha value is -4.00. The monoisotopic (exact) mass is 431 g/mol. The standard InChI is InChI=1S/C21H16F3N3O4/c1-26-16-5-3-4-6-17(16)27(2)19(26)15(11-25)18(28)12-30-20(29)13-7-9-14(10-8-13)31-21(22,23)24/h3-10H,12H2,1-2H3. The van der Waals surface area contributed by atoms with Crippen LogP contribution in [0.15, 0.2) is 59.9 Å². The number of esters is 1. The van der Waals surface area contributed by atoms with E-state index in [4.69, 9.17) is 4.74 Å². The number of para-hydroxylation sites is 2. The molecule has 0 fully saturated rings. The summed E-state index contributed by atoms with van der Waals surface area (Å²) in [6.45, 7) is -0.704. The predicted molar refractivity (Wildman–Crippen MR) is 104 cm³/mol. The Kier molecular flexibility index (Phi) is 5.88. The molecule has 10 heteroatoms. The molecule has 0 radical (unpaired) electrons. The maximum Gasteiger partial charge on any atom is 0.573 e. The third kappa shape index (κ3) is 4.61. The number of alkyl halides is 3. The van der Waals surface area contributed by atoms with Crippen molar-refractivity contribution >= 4 is 23.1 Å². The first-order valence-electron chi connectivity index (χ1n) is 8.89. The Morgan fingerprint density at radius 1 is 1.00 bits per heavy atom.